The van der Waals surface area contributed by atoms with E-state index in [-0.39, 0.29) is 33.7 Å². The monoisotopic (exact) mass is 428 g/mol. The van der Waals surface area contributed by atoms with Crippen molar-refractivity contribution in [2.75, 3.05) is 5.32 Å². The third-order valence-electron chi connectivity index (χ3n) is 4.75. The highest BCUT2D eigenvalue weighted by atomic mass is 19.4. The zero-order valence-corrected chi connectivity index (χ0v) is 16.3. The highest BCUT2D eigenvalue weighted by Crippen LogP contribution is 2.32. The molecule has 1 N–H and O–H groups in total. The molecule has 0 aliphatic rings. The van der Waals surface area contributed by atoms with Gasteiger partial charge in [-0.25, -0.2) is 9.97 Å². The number of aromatic nitrogens is 3. The fraction of sp³-hybridized carbons (Fsp3) is 0.143. The molecule has 0 atom stereocenters. The zero-order chi connectivity index (χ0) is 22.3. The Labute approximate surface area is 173 Å². The van der Waals surface area contributed by atoms with Gasteiger partial charge in [-0.05, 0) is 31.2 Å². The first-order chi connectivity index (χ1) is 14.7. The van der Waals surface area contributed by atoms with Crippen LogP contribution >= 0.6 is 0 Å². The van der Waals surface area contributed by atoms with Crippen LogP contribution in [0.15, 0.2) is 58.1 Å². The summed E-state index contributed by atoms with van der Waals surface area (Å²) < 4.78 is 45.7. The van der Waals surface area contributed by atoms with E-state index in [0.717, 1.165) is 18.5 Å². The summed E-state index contributed by atoms with van der Waals surface area (Å²) in [6.45, 7) is 1.60. The van der Waals surface area contributed by atoms with Gasteiger partial charge in [-0.2, -0.15) is 13.2 Å². The van der Waals surface area contributed by atoms with Gasteiger partial charge in [-0.15, -0.1) is 0 Å². The number of halogens is 3. The molecule has 0 aliphatic carbocycles. The summed E-state index contributed by atoms with van der Waals surface area (Å²) in [6, 6.07) is 9.17. The number of carbonyl (C=O) groups excluding carboxylic acids is 1. The van der Waals surface area contributed by atoms with Crippen molar-refractivity contribution in [2.45, 2.75) is 13.1 Å². The molecule has 0 aliphatic heterocycles. The molecule has 0 fully saturated rings. The Kier molecular flexibility index (Phi) is 4.84. The topological polar surface area (TPSA) is 90.0 Å². The minimum absolute atomic E-state index is 0.000983. The van der Waals surface area contributed by atoms with E-state index in [0.29, 0.717) is 5.69 Å². The van der Waals surface area contributed by atoms with Crippen molar-refractivity contribution in [1.82, 2.24) is 14.5 Å². The Balaban J connectivity index is 1.87. The summed E-state index contributed by atoms with van der Waals surface area (Å²) in [5.41, 5.74) is -0.478. The number of anilines is 1. The van der Waals surface area contributed by atoms with E-state index >= 15 is 0 Å². The number of nitrogens with zero attached hydrogens (tertiary/aromatic N) is 3. The Bertz CT molecular complexity index is 1370. The average molecular weight is 428 g/mol. The molecule has 10 heteroatoms. The third-order valence-corrected chi connectivity index (χ3v) is 4.75. The Morgan fingerprint density at radius 3 is 2.58 bits per heavy atom. The van der Waals surface area contributed by atoms with Crippen molar-refractivity contribution in [3.63, 3.8) is 0 Å². The maximum absolute atomic E-state index is 13.1. The van der Waals surface area contributed by atoms with Crippen LogP contribution in [0.3, 0.4) is 0 Å². The van der Waals surface area contributed by atoms with Crippen molar-refractivity contribution < 1.29 is 22.4 Å². The molecular weight excluding hydrogens is 413 g/mol. The Hall–Kier alpha value is -3.95. The molecule has 0 spiro atoms. The van der Waals surface area contributed by atoms with Crippen molar-refractivity contribution in [1.29, 1.82) is 0 Å². The molecule has 158 valence electrons. The number of para-hydroxylation sites is 1. The normalized spacial score (nSPS) is 11.6. The van der Waals surface area contributed by atoms with Crippen molar-refractivity contribution in [2.24, 2.45) is 7.05 Å². The van der Waals surface area contributed by atoms with Crippen LogP contribution < -0.4 is 10.9 Å². The number of benzene rings is 2. The average Bonchev–Trinajstić information content (AvgIpc) is 3.16. The second-order valence-corrected chi connectivity index (χ2v) is 6.80. The molecule has 2 aromatic heterocycles. The highest BCUT2D eigenvalue weighted by Gasteiger charge is 2.30. The summed E-state index contributed by atoms with van der Waals surface area (Å²) in [6.07, 6.45) is -3.41. The maximum Gasteiger partial charge on any atom is 0.416 e. The SMILES string of the molecule is Cc1ncoc1C(=O)Nc1cccc2c(=O)n(C)c(-c3cccc(C(F)(F)F)c3)nc12. The minimum atomic E-state index is -4.54. The molecule has 4 aromatic rings. The number of fused-ring (bicyclic) bond motifs is 1. The second kappa shape index (κ2) is 7.38. The van der Waals surface area contributed by atoms with Gasteiger partial charge in [0.15, 0.2) is 6.39 Å². The van der Waals surface area contributed by atoms with Crippen molar-refractivity contribution in [3.8, 4) is 11.4 Å². The van der Waals surface area contributed by atoms with Crippen LogP contribution in [-0.2, 0) is 13.2 Å². The molecule has 0 saturated carbocycles. The van der Waals surface area contributed by atoms with Gasteiger partial charge in [0.1, 0.15) is 11.3 Å². The maximum atomic E-state index is 13.1. The molecule has 0 bridgehead atoms. The van der Waals surface area contributed by atoms with Crippen LogP contribution in [0.1, 0.15) is 21.8 Å². The summed E-state index contributed by atoms with van der Waals surface area (Å²) in [7, 11) is 1.42. The van der Waals surface area contributed by atoms with E-state index in [1.807, 2.05) is 0 Å². The number of hydrogen-bond donors (Lipinski definition) is 1. The molecule has 0 saturated heterocycles. The highest BCUT2D eigenvalue weighted by molar-refractivity contribution is 6.07. The summed E-state index contributed by atoms with van der Waals surface area (Å²) >= 11 is 0. The minimum Gasteiger partial charge on any atom is -0.438 e. The number of rotatable bonds is 3. The summed E-state index contributed by atoms with van der Waals surface area (Å²) in [5.74, 6) is -0.564. The molecule has 1 amide bonds. The quantitative estimate of drug-likeness (QED) is 0.529. The van der Waals surface area contributed by atoms with Gasteiger partial charge in [0.2, 0.25) is 5.76 Å². The molecular formula is C21H15F3N4O3. The number of carbonyl (C=O) groups is 1. The lowest BCUT2D eigenvalue weighted by Crippen LogP contribution is -2.21. The Morgan fingerprint density at radius 1 is 1.16 bits per heavy atom. The van der Waals surface area contributed by atoms with Crippen molar-refractivity contribution >= 4 is 22.5 Å². The van der Waals surface area contributed by atoms with E-state index in [4.69, 9.17) is 4.42 Å². The van der Waals surface area contributed by atoms with E-state index in [1.165, 1.54) is 35.9 Å². The number of nitrogens with one attached hydrogen (secondary N) is 1. The lowest BCUT2D eigenvalue weighted by atomic mass is 10.1. The number of amides is 1. The van der Waals surface area contributed by atoms with E-state index in [1.54, 1.807) is 13.0 Å². The van der Waals surface area contributed by atoms with E-state index in [2.05, 4.69) is 15.3 Å². The second-order valence-electron chi connectivity index (χ2n) is 6.80. The van der Waals surface area contributed by atoms with Gasteiger partial charge in [-0.3, -0.25) is 14.2 Å². The largest absolute Gasteiger partial charge is 0.438 e. The first-order valence-electron chi connectivity index (χ1n) is 9.05. The zero-order valence-electron chi connectivity index (χ0n) is 16.3. The van der Waals surface area contributed by atoms with Gasteiger partial charge in [0.05, 0.1) is 22.3 Å². The predicted molar refractivity (Wildman–Crippen MR) is 107 cm³/mol. The molecule has 0 unspecified atom stereocenters. The first kappa shape index (κ1) is 20.3. The number of hydrogen-bond acceptors (Lipinski definition) is 5. The number of aryl methyl sites for hydroxylation is 1. The molecule has 7 nitrogen and oxygen atoms in total. The summed E-state index contributed by atoms with van der Waals surface area (Å²) in [4.78, 5) is 33.7. The van der Waals surface area contributed by atoms with Gasteiger partial charge >= 0.3 is 6.18 Å². The standard InChI is InChI=1S/C21H15F3N4O3/c1-11-17(31-10-25-11)19(29)26-15-8-4-7-14-16(15)27-18(28(2)20(14)30)12-5-3-6-13(9-12)21(22,23)24/h3-10H,1-2H3,(H,26,29). The number of oxazole rings is 1. The Morgan fingerprint density at radius 2 is 1.90 bits per heavy atom. The molecule has 31 heavy (non-hydrogen) atoms. The molecule has 4 rings (SSSR count). The molecule has 2 aromatic carbocycles. The lowest BCUT2D eigenvalue weighted by molar-refractivity contribution is -0.137. The van der Waals surface area contributed by atoms with Gasteiger partial charge < -0.3 is 9.73 Å². The van der Waals surface area contributed by atoms with Gasteiger partial charge in [0, 0.05) is 12.6 Å². The first-order valence-corrected chi connectivity index (χ1v) is 9.05. The molecule has 0 radical (unpaired) electrons. The van der Waals surface area contributed by atoms with Crippen LogP contribution in [0, 0.1) is 6.92 Å². The van der Waals surface area contributed by atoms with Crippen molar-refractivity contribution in [3.05, 3.63) is 76.2 Å². The fourth-order valence-corrected chi connectivity index (χ4v) is 3.19. The summed E-state index contributed by atoms with van der Waals surface area (Å²) in [5, 5.41) is 2.83. The smallest absolute Gasteiger partial charge is 0.416 e. The van der Waals surface area contributed by atoms with Crippen LogP contribution in [0.4, 0.5) is 18.9 Å². The van der Waals surface area contributed by atoms with E-state index in [9.17, 15) is 22.8 Å². The third kappa shape index (κ3) is 3.67. The van der Waals surface area contributed by atoms with Gasteiger partial charge in [0.25, 0.3) is 11.5 Å². The number of alkyl halides is 3. The van der Waals surface area contributed by atoms with Crippen LogP contribution in [0.5, 0.6) is 0 Å². The van der Waals surface area contributed by atoms with Crippen LogP contribution in [0.2, 0.25) is 0 Å². The van der Waals surface area contributed by atoms with Gasteiger partial charge in [-0.1, -0.05) is 18.2 Å². The molecule has 2 heterocycles. The lowest BCUT2D eigenvalue weighted by Gasteiger charge is -2.14. The van der Waals surface area contributed by atoms with Crippen LogP contribution in [-0.4, -0.2) is 20.4 Å². The fourth-order valence-electron chi connectivity index (χ4n) is 3.19. The van der Waals surface area contributed by atoms with Crippen LogP contribution in [0.25, 0.3) is 22.3 Å². The predicted octanol–water partition coefficient (Wildman–Crippen LogP) is 4.17. The van der Waals surface area contributed by atoms with E-state index < -0.39 is 23.2 Å².